The topological polar surface area (TPSA) is 52.3 Å². The summed E-state index contributed by atoms with van der Waals surface area (Å²) in [6, 6.07) is 1.90. The Morgan fingerprint density at radius 1 is 1.60 bits per heavy atom. The molecule has 0 spiro atoms. The molecular formula is C11H17NO2S. The Kier molecular flexibility index (Phi) is 3.88. The highest BCUT2D eigenvalue weighted by Crippen LogP contribution is 2.31. The van der Waals surface area contributed by atoms with Crippen LogP contribution in [-0.4, -0.2) is 19.6 Å². The Morgan fingerprint density at radius 2 is 2.27 bits per heavy atom. The average Bonchev–Trinajstić information content (AvgIpc) is 2.66. The lowest BCUT2D eigenvalue weighted by Gasteiger charge is -2.21. The van der Waals surface area contributed by atoms with E-state index >= 15 is 0 Å². The molecule has 2 N–H and O–H groups in total. The third-order valence-corrected chi connectivity index (χ3v) is 3.75. The van der Waals surface area contributed by atoms with Crippen molar-refractivity contribution in [2.24, 2.45) is 5.73 Å². The lowest BCUT2D eigenvalue weighted by atomic mass is 9.87. The van der Waals surface area contributed by atoms with Crippen LogP contribution in [0.25, 0.3) is 0 Å². The first-order valence-corrected chi connectivity index (χ1v) is 5.76. The summed E-state index contributed by atoms with van der Waals surface area (Å²) in [6.07, 6.45) is 0.911. The molecule has 3 nitrogen and oxygen atoms in total. The molecule has 0 saturated carbocycles. The minimum Gasteiger partial charge on any atom is -0.465 e. The summed E-state index contributed by atoms with van der Waals surface area (Å²) in [5.41, 5.74) is 6.22. The van der Waals surface area contributed by atoms with Crippen molar-refractivity contribution >= 4 is 17.3 Å². The smallest absolute Gasteiger partial charge is 0.338 e. The fraction of sp³-hybridized carbons (Fsp3) is 0.545. The lowest BCUT2D eigenvalue weighted by Crippen LogP contribution is -2.20. The first kappa shape index (κ1) is 12.2. The van der Waals surface area contributed by atoms with Gasteiger partial charge in [0.25, 0.3) is 0 Å². The number of esters is 1. The zero-order valence-corrected chi connectivity index (χ0v) is 10.2. The molecule has 0 bridgehead atoms. The number of methoxy groups -OCH3 is 1. The second kappa shape index (κ2) is 4.77. The van der Waals surface area contributed by atoms with E-state index in [1.54, 1.807) is 11.3 Å². The molecule has 1 aromatic heterocycles. The van der Waals surface area contributed by atoms with Crippen molar-refractivity contribution in [3.63, 3.8) is 0 Å². The second-order valence-electron chi connectivity index (χ2n) is 4.11. The minimum absolute atomic E-state index is 0.0334. The van der Waals surface area contributed by atoms with Gasteiger partial charge in [0.1, 0.15) is 0 Å². The zero-order chi connectivity index (χ0) is 11.5. The van der Waals surface area contributed by atoms with Crippen molar-refractivity contribution < 1.29 is 9.53 Å². The molecule has 4 heteroatoms. The Morgan fingerprint density at radius 3 is 2.80 bits per heavy atom. The number of carbonyl (C=O) groups excluding carboxylic acids is 1. The van der Waals surface area contributed by atoms with Crippen LogP contribution in [0.3, 0.4) is 0 Å². The standard InChI is InChI=1S/C11H17NO2S/c1-11(2,4-5-12)9-6-8(7-15-9)10(13)14-3/h6-7H,4-5,12H2,1-3H3. The summed E-state index contributed by atoms with van der Waals surface area (Å²) < 4.78 is 4.67. The van der Waals surface area contributed by atoms with E-state index in [0.717, 1.165) is 6.42 Å². The van der Waals surface area contributed by atoms with Gasteiger partial charge >= 0.3 is 5.97 Å². The predicted octanol–water partition coefficient (Wildman–Crippen LogP) is 2.16. The molecule has 0 aliphatic carbocycles. The summed E-state index contributed by atoms with van der Waals surface area (Å²) in [7, 11) is 1.39. The van der Waals surface area contributed by atoms with Gasteiger partial charge in [-0.2, -0.15) is 0 Å². The van der Waals surface area contributed by atoms with Crippen molar-refractivity contribution in [2.75, 3.05) is 13.7 Å². The minimum atomic E-state index is -0.277. The Hall–Kier alpha value is -0.870. The third kappa shape index (κ3) is 2.79. The van der Waals surface area contributed by atoms with Crippen molar-refractivity contribution in [2.45, 2.75) is 25.7 Å². The number of ether oxygens (including phenoxy) is 1. The summed E-state index contributed by atoms with van der Waals surface area (Å²) in [5, 5.41) is 1.83. The lowest BCUT2D eigenvalue weighted by molar-refractivity contribution is 0.0601. The van der Waals surface area contributed by atoms with Crippen LogP contribution in [0, 0.1) is 0 Å². The predicted molar refractivity (Wildman–Crippen MR) is 62.4 cm³/mol. The van der Waals surface area contributed by atoms with Crippen LogP contribution in [-0.2, 0) is 10.2 Å². The number of hydrogen-bond acceptors (Lipinski definition) is 4. The van der Waals surface area contributed by atoms with E-state index < -0.39 is 0 Å². The number of rotatable bonds is 4. The largest absolute Gasteiger partial charge is 0.465 e. The summed E-state index contributed by atoms with van der Waals surface area (Å²) in [5.74, 6) is -0.277. The van der Waals surface area contributed by atoms with Crippen LogP contribution in [0.4, 0.5) is 0 Å². The van der Waals surface area contributed by atoms with Gasteiger partial charge in [0, 0.05) is 15.7 Å². The molecule has 1 rings (SSSR count). The van der Waals surface area contributed by atoms with Gasteiger partial charge in [-0.15, -0.1) is 11.3 Å². The first-order valence-electron chi connectivity index (χ1n) is 4.88. The monoisotopic (exact) mass is 227 g/mol. The molecule has 0 unspecified atom stereocenters. The van der Waals surface area contributed by atoms with E-state index in [1.807, 2.05) is 11.4 Å². The molecule has 0 aromatic carbocycles. The number of hydrogen-bond donors (Lipinski definition) is 1. The van der Waals surface area contributed by atoms with Crippen LogP contribution in [0.2, 0.25) is 0 Å². The van der Waals surface area contributed by atoms with Crippen LogP contribution < -0.4 is 5.73 Å². The van der Waals surface area contributed by atoms with Gasteiger partial charge in [-0.1, -0.05) is 13.8 Å². The molecule has 0 saturated heterocycles. The van der Waals surface area contributed by atoms with E-state index in [1.165, 1.54) is 12.0 Å². The van der Waals surface area contributed by atoms with Gasteiger partial charge in [-0.25, -0.2) is 4.79 Å². The van der Waals surface area contributed by atoms with Crippen LogP contribution >= 0.6 is 11.3 Å². The number of carbonyl (C=O) groups is 1. The summed E-state index contributed by atoms with van der Waals surface area (Å²) in [6.45, 7) is 4.91. The highest BCUT2D eigenvalue weighted by molar-refractivity contribution is 7.10. The van der Waals surface area contributed by atoms with Gasteiger partial charge in [-0.05, 0) is 19.0 Å². The van der Waals surface area contributed by atoms with Gasteiger partial charge < -0.3 is 10.5 Å². The Bertz CT molecular complexity index is 344. The van der Waals surface area contributed by atoms with Gasteiger partial charge in [0.05, 0.1) is 12.7 Å². The maximum atomic E-state index is 11.3. The highest BCUT2D eigenvalue weighted by Gasteiger charge is 2.22. The Balaban J connectivity index is 2.88. The maximum absolute atomic E-state index is 11.3. The van der Waals surface area contributed by atoms with Gasteiger partial charge in [0.2, 0.25) is 0 Å². The quantitative estimate of drug-likeness (QED) is 0.802. The molecule has 0 aliphatic rings. The molecule has 0 fully saturated rings. The Labute approximate surface area is 94.2 Å². The number of thiophene rings is 1. The summed E-state index contributed by atoms with van der Waals surface area (Å²) >= 11 is 1.58. The van der Waals surface area contributed by atoms with Crippen molar-refractivity contribution in [1.29, 1.82) is 0 Å². The van der Waals surface area contributed by atoms with E-state index in [9.17, 15) is 4.79 Å². The molecule has 0 atom stereocenters. The van der Waals surface area contributed by atoms with Crippen molar-refractivity contribution in [3.05, 3.63) is 21.9 Å². The molecular weight excluding hydrogens is 210 g/mol. The fourth-order valence-electron chi connectivity index (χ4n) is 1.40. The van der Waals surface area contributed by atoms with E-state index in [2.05, 4.69) is 18.6 Å². The SMILES string of the molecule is COC(=O)c1csc(C(C)(C)CCN)c1. The van der Waals surface area contributed by atoms with Crippen LogP contribution in [0.5, 0.6) is 0 Å². The van der Waals surface area contributed by atoms with Gasteiger partial charge in [0.15, 0.2) is 0 Å². The van der Waals surface area contributed by atoms with E-state index in [-0.39, 0.29) is 11.4 Å². The van der Waals surface area contributed by atoms with E-state index in [0.29, 0.717) is 12.1 Å². The molecule has 0 radical (unpaired) electrons. The first-order chi connectivity index (χ1) is 7.01. The fourth-order valence-corrected chi connectivity index (χ4v) is 2.43. The van der Waals surface area contributed by atoms with Crippen molar-refractivity contribution in [1.82, 2.24) is 0 Å². The third-order valence-electron chi connectivity index (χ3n) is 2.46. The number of nitrogens with two attached hydrogens (primary N) is 1. The molecule has 84 valence electrons. The zero-order valence-electron chi connectivity index (χ0n) is 9.37. The van der Waals surface area contributed by atoms with E-state index in [4.69, 9.17) is 5.73 Å². The van der Waals surface area contributed by atoms with Crippen LogP contribution in [0.15, 0.2) is 11.4 Å². The maximum Gasteiger partial charge on any atom is 0.338 e. The molecule has 1 aromatic rings. The normalized spacial score (nSPS) is 11.5. The molecule has 1 heterocycles. The van der Waals surface area contributed by atoms with Crippen molar-refractivity contribution in [3.8, 4) is 0 Å². The molecule has 0 amide bonds. The molecule has 0 aliphatic heterocycles. The average molecular weight is 227 g/mol. The highest BCUT2D eigenvalue weighted by atomic mass is 32.1. The second-order valence-corrected chi connectivity index (χ2v) is 5.03. The van der Waals surface area contributed by atoms with Crippen LogP contribution in [0.1, 0.15) is 35.5 Å². The van der Waals surface area contributed by atoms with Gasteiger partial charge in [-0.3, -0.25) is 0 Å². The molecule has 15 heavy (non-hydrogen) atoms. The summed E-state index contributed by atoms with van der Waals surface area (Å²) in [4.78, 5) is 12.4.